The van der Waals surface area contributed by atoms with Gasteiger partial charge in [-0.1, -0.05) is 32.9 Å². The van der Waals surface area contributed by atoms with Gasteiger partial charge in [-0.25, -0.2) is 14.4 Å². The quantitative estimate of drug-likeness (QED) is 0.330. The third-order valence-electron chi connectivity index (χ3n) is 6.52. The van der Waals surface area contributed by atoms with E-state index in [9.17, 15) is 14.4 Å². The van der Waals surface area contributed by atoms with Gasteiger partial charge in [0.05, 0.1) is 0 Å². The Labute approximate surface area is 185 Å². The second kappa shape index (κ2) is 11.9. The number of esters is 2. The lowest BCUT2D eigenvalue weighted by Gasteiger charge is -2.37. The smallest absolute Gasteiger partial charge is 0.408 e. The lowest BCUT2D eigenvalue weighted by atomic mass is 9.71. The van der Waals surface area contributed by atoms with Gasteiger partial charge < -0.3 is 19.5 Å². The Morgan fingerprint density at radius 3 is 1.77 bits per heavy atom. The van der Waals surface area contributed by atoms with Gasteiger partial charge in [0.2, 0.25) is 0 Å². The summed E-state index contributed by atoms with van der Waals surface area (Å²) >= 11 is 0. The molecule has 0 radical (unpaired) electrons. The van der Waals surface area contributed by atoms with E-state index in [1.54, 1.807) is 6.92 Å². The zero-order valence-corrected chi connectivity index (χ0v) is 18.9. The van der Waals surface area contributed by atoms with E-state index in [0.717, 1.165) is 55.6 Å². The van der Waals surface area contributed by atoms with E-state index in [1.807, 2.05) is 0 Å². The van der Waals surface area contributed by atoms with E-state index in [1.165, 1.54) is 25.7 Å². The molecule has 2 aliphatic carbocycles. The number of hydrogen-bond donors (Lipinski definition) is 1. The highest BCUT2D eigenvalue weighted by Crippen LogP contribution is 2.40. The van der Waals surface area contributed by atoms with Crippen LogP contribution in [0.2, 0.25) is 0 Å². The van der Waals surface area contributed by atoms with Crippen LogP contribution in [0.3, 0.4) is 0 Å². The molecular weight excluding hydrogens is 398 g/mol. The van der Waals surface area contributed by atoms with E-state index in [-0.39, 0.29) is 19.3 Å². The van der Waals surface area contributed by atoms with Gasteiger partial charge in [0.1, 0.15) is 24.9 Å². The van der Waals surface area contributed by atoms with Crippen LogP contribution in [0.4, 0.5) is 4.79 Å². The molecule has 2 fully saturated rings. The van der Waals surface area contributed by atoms with Crippen molar-refractivity contribution in [2.24, 2.45) is 17.8 Å². The molecule has 0 bridgehead atoms. The largest absolute Gasteiger partial charge is 0.460 e. The van der Waals surface area contributed by atoms with Crippen LogP contribution in [0.25, 0.3) is 0 Å². The van der Waals surface area contributed by atoms with Crippen LogP contribution in [0, 0.1) is 17.8 Å². The summed E-state index contributed by atoms with van der Waals surface area (Å²) in [5.41, 5.74) is -1.13. The molecule has 2 rings (SSSR count). The molecule has 2 saturated carbocycles. The van der Waals surface area contributed by atoms with E-state index < -0.39 is 23.6 Å². The Morgan fingerprint density at radius 2 is 1.32 bits per heavy atom. The molecule has 7 heteroatoms. The average molecular weight is 436 g/mol. The summed E-state index contributed by atoms with van der Waals surface area (Å²) in [5.74, 6) is 1.13. The number of rotatable bonds is 9. The molecule has 31 heavy (non-hydrogen) atoms. The first-order chi connectivity index (χ1) is 14.7. The first-order valence-corrected chi connectivity index (χ1v) is 11.3. The van der Waals surface area contributed by atoms with Gasteiger partial charge >= 0.3 is 18.0 Å². The normalized spacial score (nSPS) is 26.3. The maximum atomic E-state index is 12.5. The Bertz CT molecular complexity index is 620. The van der Waals surface area contributed by atoms with Gasteiger partial charge in [-0.3, -0.25) is 0 Å². The van der Waals surface area contributed by atoms with Crippen LogP contribution >= 0.6 is 0 Å². The van der Waals surface area contributed by atoms with E-state index >= 15 is 0 Å². The first-order valence-electron chi connectivity index (χ1n) is 11.3. The minimum absolute atomic E-state index is 0.130. The number of amides is 1. The Kier molecular flexibility index (Phi) is 9.59. The molecule has 0 atom stereocenters. The van der Waals surface area contributed by atoms with E-state index in [2.05, 4.69) is 25.4 Å². The van der Waals surface area contributed by atoms with Crippen molar-refractivity contribution in [3.63, 3.8) is 0 Å². The second-order valence-electron chi connectivity index (χ2n) is 9.27. The van der Waals surface area contributed by atoms with Crippen LogP contribution in [-0.2, 0) is 23.8 Å². The fourth-order valence-electron chi connectivity index (χ4n) is 4.55. The van der Waals surface area contributed by atoms with Crippen molar-refractivity contribution in [2.45, 2.75) is 76.9 Å². The van der Waals surface area contributed by atoms with Crippen LogP contribution < -0.4 is 5.32 Å². The van der Waals surface area contributed by atoms with Gasteiger partial charge in [0.15, 0.2) is 0 Å². The number of carbonyl (C=O) groups is 3. The SMILES string of the molecule is C=CC(=O)OCC(C)(COC(=O)C=C)NC(=O)OC1CCC(C2CCC(C)CC2)CC1. The molecule has 1 amide bonds. The van der Waals surface area contributed by atoms with Gasteiger partial charge in [-0.15, -0.1) is 0 Å². The molecule has 174 valence electrons. The number of ether oxygens (including phenoxy) is 3. The summed E-state index contributed by atoms with van der Waals surface area (Å²) in [6.45, 7) is 10.3. The second-order valence-corrected chi connectivity index (χ2v) is 9.27. The summed E-state index contributed by atoms with van der Waals surface area (Å²) in [4.78, 5) is 35.4. The Hall–Kier alpha value is -2.31. The van der Waals surface area contributed by atoms with Gasteiger partial charge in [-0.05, 0) is 63.2 Å². The Morgan fingerprint density at radius 1 is 0.871 bits per heavy atom. The highest BCUT2D eigenvalue weighted by atomic mass is 16.6. The van der Waals surface area contributed by atoms with Gasteiger partial charge in [0.25, 0.3) is 0 Å². The predicted octanol–water partition coefficient (Wildman–Crippen LogP) is 4.31. The van der Waals surface area contributed by atoms with Crippen molar-refractivity contribution in [1.82, 2.24) is 5.32 Å². The maximum Gasteiger partial charge on any atom is 0.408 e. The van der Waals surface area contributed by atoms with Crippen molar-refractivity contribution in [1.29, 1.82) is 0 Å². The predicted molar refractivity (Wildman–Crippen MR) is 117 cm³/mol. The first kappa shape index (κ1) is 25.0. The molecule has 2 aliphatic rings. The summed E-state index contributed by atoms with van der Waals surface area (Å²) in [6.07, 6.45) is 10.5. The minimum Gasteiger partial charge on any atom is -0.460 e. The van der Waals surface area contributed by atoms with Gasteiger partial charge in [-0.2, -0.15) is 0 Å². The summed E-state index contributed by atoms with van der Waals surface area (Å²) in [7, 11) is 0. The van der Waals surface area contributed by atoms with Crippen molar-refractivity contribution >= 4 is 18.0 Å². The number of hydrogen-bond acceptors (Lipinski definition) is 6. The molecule has 0 unspecified atom stereocenters. The summed E-state index contributed by atoms with van der Waals surface area (Å²) in [6, 6.07) is 0. The maximum absolute atomic E-state index is 12.5. The molecular formula is C24H37NO6. The molecule has 0 aromatic heterocycles. The summed E-state index contributed by atoms with van der Waals surface area (Å²) in [5, 5.41) is 2.69. The van der Waals surface area contributed by atoms with Crippen LogP contribution in [0.15, 0.2) is 25.3 Å². The van der Waals surface area contributed by atoms with Crippen LogP contribution in [-0.4, -0.2) is 42.9 Å². The van der Waals surface area contributed by atoms with Crippen LogP contribution in [0.1, 0.15) is 65.2 Å². The van der Waals surface area contributed by atoms with E-state index in [0.29, 0.717) is 0 Å². The van der Waals surface area contributed by atoms with Gasteiger partial charge in [0, 0.05) is 12.2 Å². The molecule has 0 heterocycles. The molecule has 0 spiro atoms. The molecule has 1 N–H and O–H groups in total. The molecule has 7 nitrogen and oxygen atoms in total. The third kappa shape index (κ3) is 8.38. The number of carbonyl (C=O) groups excluding carboxylic acids is 3. The lowest BCUT2D eigenvalue weighted by Crippen LogP contribution is -2.54. The number of alkyl carbamates (subject to hydrolysis) is 1. The van der Waals surface area contributed by atoms with Crippen molar-refractivity contribution in [2.75, 3.05) is 13.2 Å². The van der Waals surface area contributed by atoms with Crippen molar-refractivity contribution in [3.8, 4) is 0 Å². The number of nitrogens with one attached hydrogen (secondary N) is 1. The van der Waals surface area contributed by atoms with Crippen molar-refractivity contribution in [3.05, 3.63) is 25.3 Å². The molecule has 0 saturated heterocycles. The molecule has 0 aromatic carbocycles. The van der Waals surface area contributed by atoms with Crippen LogP contribution in [0.5, 0.6) is 0 Å². The fraction of sp³-hybridized carbons (Fsp3) is 0.708. The monoisotopic (exact) mass is 435 g/mol. The topological polar surface area (TPSA) is 90.9 Å². The standard InChI is InChI=1S/C24H37NO6/c1-5-21(26)29-15-24(4,16-30-22(27)6-2)25-23(28)31-20-13-11-19(12-14-20)18-9-7-17(3)8-10-18/h5-6,17-20H,1-2,7-16H2,3-4H3,(H,25,28). The fourth-order valence-corrected chi connectivity index (χ4v) is 4.55. The zero-order valence-electron chi connectivity index (χ0n) is 18.9. The van der Waals surface area contributed by atoms with Crippen molar-refractivity contribution < 1.29 is 28.6 Å². The summed E-state index contributed by atoms with van der Waals surface area (Å²) < 4.78 is 15.7. The highest BCUT2D eigenvalue weighted by molar-refractivity contribution is 5.82. The third-order valence-corrected chi connectivity index (χ3v) is 6.52. The zero-order chi connectivity index (χ0) is 22.9. The lowest BCUT2D eigenvalue weighted by molar-refractivity contribution is -0.144. The molecule has 0 aromatic rings. The molecule has 0 aliphatic heterocycles. The highest BCUT2D eigenvalue weighted by Gasteiger charge is 2.34. The minimum atomic E-state index is -1.13. The average Bonchev–Trinajstić information content (AvgIpc) is 2.77. The van der Waals surface area contributed by atoms with E-state index in [4.69, 9.17) is 14.2 Å². The Balaban J connectivity index is 1.82.